The van der Waals surface area contributed by atoms with Gasteiger partial charge in [-0.2, -0.15) is 28.5 Å². The summed E-state index contributed by atoms with van der Waals surface area (Å²) in [6.07, 6.45) is 3.52. The van der Waals surface area contributed by atoms with E-state index in [4.69, 9.17) is 4.74 Å². The molecule has 0 N–H and O–H groups in total. The minimum Gasteiger partial charge on any atom is -0.497 e. The van der Waals surface area contributed by atoms with Crippen molar-refractivity contribution in [1.29, 1.82) is 0 Å². The number of aryl methyl sites for hydroxylation is 1. The summed E-state index contributed by atoms with van der Waals surface area (Å²) < 4.78 is 50.2. The van der Waals surface area contributed by atoms with Crippen molar-refractivity contribution >= 4 is 22.5 Å². The second-order valence-corrected chi connectivity index (χ2v) is 9.29. The zero-order valence-electron chi connectivity index (χ0n) is 21.0. The Kier molecular flexibility index (Phi) is 5.82. The van der Waals surface area contributed by atoms with Crippen LogP contribution < -0.4 is 9.64 Å². The highest BCUT2D eigenvalue weighted by molar-refractivity contribution is 6.12. The number of nitrogens with zero attached hydrogens (tertiary/aromatic N) is 7. The summed E-state index contributed by atoms with van der Waals surface area (Å²) in [6.45, 7) is 0.575. The van der Waals surface area contributed by atoms with Gasteiger partial charge in [0.1, 0.15) is 5.75 Å². The summed E-state index contributed by atoms with van der Waals surface area (Å²) in [7, 11) is 3.00. The molecule has 1 aliphatic rings. The molecule has 0 aliphatic carbocycles. The zero-order chi connectivity index (χ0) is 27.3. The summed E-state index contributed by atoms with van der Waals surface area (Å²) in [5.74, 6) is 0.266. The second-order valence-electron chi connectivity index (χ2n) is 9.29. The molecule has 4 heterocycles. The first-order valence-corrected chi connectivity index (χ1v) is 12.1. The number of hydrogen-bond acceptors (Lipinski definition) is 6. The van der Waals surface area contributed by atoms with Crippen LogP contribution in [-0.4, -0.2) is 49.1 Å². The van der Waals surface area contributed by atoms with Crippen LogP contribution in [0.2, 0.25) is 0 Å². The maximum atomic E-state index is 14.0. The van der Waals surface area contributed by atoms with Crippen molar-refractivity contribution in [1.82, 2.24) is 29.5 Å². The molecule has 0 saturated carbocycles. The van der Waals surface area contributed by atoms with E-state index in [9.17, 15) is 18.0 Å². The average Bonchev–Trinajstić information content (AvgIpc) is 3.58. The first-order chi connectivity index (χ1) is 18.7. The summed E-state index contributed by atoms with van der Waals surface area (Å²) in [6, 6.07) is 8.76. The summed E-state index contributed by atoms with van der Waals surface area (Å²) >= 11 is 0. The highest BCUT2D eigenvalue weighted by Gasteiger charge is 2.39. The molecule has 0 saturated heterocycles. The maximum absolute atomic E-state index is 14.0. The predicted octanol–water partition coefficient (Wildman–Crippen LogP) is 4.51. The summed E-state index contributed by atoms with van der Waals surface area (Å²) in [5.41, 5.74) is 1.98. The minimum atomic E-state index is -4.66. The molecule has 0 spiro atoms. The maximum Gasteiger partial charge on any atom is 0.435 e. The number of aromatic nitrogens is 6. The zero-order valence-corrected chi connectivity index (χ0v) is 21.0. The first kappa shape index (κ1) is 24.6. The van der Waals surface area contributed by atoms with Gasteiger partial charge < -0.3 is 14.2 Å². The van der Waals surface area contributed by atoms with Gasteiger partial charge in [0.25, 0.3) is 5.91 Å². The number of methoxy groups -OCH3 is 1. The third-order valence-corrected chi connectivity index (χ3v) is 6.80. The van der Waals surface area contributed by atoms with Crippen LogP contribution in [0.1, 0.15) is 27.2 Å². The van der Waals surface area contributed by atoms with E-state index in [0.717, 1.165) is 4.68 Å². The van der Waals surface area contributed by atoms with Crippen molar-refractivity contribution < 1.29 is 22.7 Å². The van der Waals surface area contributed by atoms with Crippen LogP contribution in [0.5, 0.6) is 5.75 Å². The lowest BCUT2D eigenvalue weighted by molar-refractivity contribution is -0.140. The van der Waals surface area contributed by atoms with Crippen molar-refractivity contribution in [2.75, 3.05) is 18.6 Å². The van der Waals surface area contributed by atoms with Gasteiger partial charge in [-0.3, -0.25) is 9.48 Å². The largest absolute Gasteiger partial charge is 0.497 e. The number of alkyl halides is 3. The third kappa shape index (κ3) is 4.37. The lowest BCUT2D eigenvalue weighted by atomic mass is 9.88. The number of carbonyl (C=O) groups excluding carboxylic acids is 1. The van der Waals surface area contributed by atoms with E-state index in [1.165, 1.54) is 19.4 Å². The molecule has 0 atom stereocenters. The number of benzene rings is 2. The predicted molar refractivity (Wildman–Crippen MR) is 136 cm³/mol. The van der Waals surface area contributed by atoms with Gasteiger partial charge in [-0.25, -0.2) is 4.98 Å². The van der Waals surface area contributed by atoms with E-state index in [0.29, 0.717) is 57.6 Å². The van der Waals surface area contributed by atoms with Gasteiger partial charge in [0, 0.05) is 55.2 Å². The van der Waals surface area contributed by atoms with Crippen LogP contribution in [0.3, 0.4) is 0 Å². The Morgan fingerprint density at radius 1 is 1.10 bits per heavy atom. The molecule has 12 heteroatoms. The molecule has 1 aliphatic heterocycles. The van der Waals surface area contributed by atoms with E-state index in [2.05, 4.69) is 20.3 Å². The van der Waals surface area contributed by atoms with Gasteiger partial charge in [0.15, 0.2) is 5.69 Å². The van der Waals surface area contributed by atoms with E-state index in [-0.39, 0.29) is 18.0 Å². The van der Waals surface area contributed by atoms with Crippen LogP contribution in [0.25, 0.3) is 22.0 Å². The number of imidazole rings is 1. The van der Waals surface area contributed by atoms with Gasteiger partial charge in [-0.1, -0.05) is 0 Å². The van der Waals surface area contributed by atoms with Crippen LogP contribution >= 0.6 is 0 Å². The second kappa shape index (κ2) is 9.22. The van der Waals surface area contributed by atoms with Crippen molar-refractivity contribution in [2.24, 2.45) is 7.05 Å². The molecule has 0 fully saturated rings. The molecule has 0 bridgehead atoms. The number of rotatable bonds is 5. The fraction of sp³-hybridized carbons (Fsp3) is 0.222. The molecule has 1 amide bonds. The fourth-order valence-corrected chi connectivity index (χ4v) is 5.07. The monoisotopic (exact) mass is 533 g/mol. The summed E-state index contributed by atoms with van der Waals surface area (Å²) in [4.78, 5) is 19.7. The Bertz CT molecular complexity index is 1710. The molecule has 3 aromatic heterocycles. The van der Waals surface area contributed by atoms with E-state index >= 15 is 0 Å². The molecule has 198 valence electrons. The number of halogens is 3. The smallest absolute Gasteiger partial charge is 0.435 e. The van der Waals surface area contributed by atoms with Crippen molar-refractivity contribution in [3.63, 3.8) is 0 Å². The Morgan fingerprint density at radius 3 is 2.67 bits per heavy atom. The molecular weight excluding hydrogens is 511 g/mol. The van der Waals surface area contributed by atoms with Crippen molar-refractivity contribution in [3.05, 3.63) is 83.8 Å². The number of fused-ring (bicyclic) bond motifs is 2. The Morgan fingerprint density at radius 2 is 1.92 bits per heavy atom. The van der Waals surface area contributed by atoms with Gasteiger partial charge in [-0.05, 0) is 53.4 Å². The normalized spacial score (nSPS) is 13.7. The topological polar surface area (TPSA) is 91.0 Å². The average molecular weight is 534 g/mol. The SMILES string of the molecule is COc1ccc2nncc(N3CCc4c(cc(Cn5ccnc5)cc4-c4cn(C)nc4C(F)(F)F)C3=O)c2c1. The molecule has 39 heavy (non-hydrogen) atoms. The van der Waals surface area contributed by atoms with Crippen LogP contribution in [0.4, 0.5) is 18.9 Å². The van der Waals surface area contributed by atoms with Crippen molar-refractivity contribution in [2.45, 2.75) is 19.1 Å². The fourth-order valence-electron chi connectivity index (χ4n) is 5.07. The quantitative estimate of drug-likeness (QED) is 0.330. The van der Waals surface area contributed by atoms with E-state index < -0.39 is 11.9 Å². The number of hydrogen-bond donors (Lipinski definition) is 0. The molecule has 5 aromatic rings. The Hall–Kier alpha value is -4.74. The van der Waals surface area contributed by atoms with Gasteiger partial charge in [-0.15, -0.1) is 0 Å². The van der Waals surface area contributed by atoms with E-state index in [1.807, 2.05) is 0 Å². The molecule has 0 radical (unpaired) electrons. The Labute approximate surface area is 220 Å². The number of anilines is 1. The molecule has 9 nitrogen and oxygen atoms in total. The van der Waals surface area contributed by atoms with Crippen LogP contribution in [0, 0.1) is 0 Å². The lowest BCUT2D eigenvalue weighted by Gasteiger charge is -2.31. The first-order valence-electron chi connectivity index (χ1n) is 12.1. The minimum absolute atomic E-state index is 0.0595. The van der Waals surface area contributed by atoms with Gasteiger partial charge in [0.05, 0.1) is 30.8 Å². The number of ether oxygens (including phenoxy) is 1. The van der Waals surface area contributed by atoms with Crippen molar-refractivity contribution in [3.8, 4) is 16.9 Å². The molecule has 6 rings (SSSR count). The van der Waals surface area contributed by atoms with Gasteiger partial charge in [0.2, 0.25) is 0 Å². The van der Waals surface area contributed by atoms with E-state index in [1.54, 1.807) is 65.6 Å². The summed E-state index contributed by atoms with van der Waals surface area (Å²) in [5, 5.41) is 12.6. The number of carbonyl (C=O) groups is 1. The highest BCUT2D eigenvalue weighted by atomic mass is 19.4. The third-order valence-electron chi connectivity index (χ3n) is 6.80. The molecular formula is C27H22F3N7O2. The number of amides is 1. The van der Waals surface area contributed by atoms with Crippen LogP contribution in [-0.2, 0) is 26.2 Å². The highest BCUT2D eigenvalue weighted by Crippen LogP contribution is 2.41. The molecule has 2 aromatic carbocycles. The van der Waals surface area contributed by atoms with Crippen LogP contribution in [0.15, 0.2) is 61.4 Å². The molecule has 0 unspecified atom stereocenters. The Balaban J connectivity index is 1.52. The van der Waals surface area contributed by atoms with Gasteiger partial charge >= 0.3 is 6.18 Å². The lowest BCUT2D eigenvalue weighted by Crippen LogP contribution is -2.38. The standard InChI is InChI=1S/C27H22F3N7O2/c1-35-14-22(25(34-35)27(28,29)30)19-9-16(13-36-8-6-31-15-36)10-20-18(19)5-7-37(26(20)38)24-12-32-33-23-4-3-17(39-2)11-21(23)24/h3-4,6,8-12,14-15H,5,7,13H2,1-2H3.